The fraction of sp³-hybridized carbons (Fsp3) is 0.306. The van der Waals surface area contributed by atoms with Crippen molar-refractivity contribution in [3.63, 3.8) is 0 Å². The smallest absolute Gasteiger partial charge is 0.410 e. The molecule has 0 aliphatic carbocycles. The lowest BCUT2D eigenvalue weighted by molar-refractivity contribution is -0.139. The van der Waals surface area contributed by atoms with Crippen LogP contribution in [0.15, 0.2) is 84.9 Å². The van der Waals surface area contributed by atoms with E-state index in [1.165, 1.54) is 4.90 Å². The van der Waals surface area contributed by atoms with Gasteiger partial charge in [0.1, 0.15) is 11.8 Å². The molecule has 52 heavy (non-hydrogen) atoms. The highest BCUT2D eigenvalue weighted by molar-refractivity contribution is 8.00. The molecule has 16 heteroatoms. The van der Waals surface area contributed by atoms with Crippen LogP contribution in [-0.4, -0.2) is 82.6 Å². The largest absolute Gasteiger partial charge is 0.412 e. The van der Waals surface area contributed by atoms with Crippen molar-refractivity contribution in [3.05, 3.63) is 96.1 Å². The third-order valence-electron chi connectivity index (χ3n) is 7.79. The molecule has 4 rings (SSSR count). The molecule has 1 saturated heterocycles. The van der Waals surface area contributed by atoms with E-state index in [9.17, 15) is 33.6 Å². The maximum atomic E-state index is 12.8. The maximum Gasteiger partial charge on any atom is 0.412 e. The minimum Gasteiger partial charge on any atom is -0.410 e. The van der Waals surface area contributed by atoms with Crippen molar-refractivity contribution in [2.45, 2.75) is 49.6 Å². The highest BCUT2D eigenvalue weighted by Crippen LogP contribution is 2.27. The van der Waals surface area contributed by atoms with Crippen LogP contribution in [0.4, 0.5) is 10.5 Å². The van der Waals surface area contributed by atoms with Gasteiger partial charge in [-0.3, -0.25) is 33.7 Å². The summed E-state index contributed by atoms with van der Waals surface area (Å²) in [6.45, 7) is -0.155. The highest BCUT2D eigenvalue weighted by atomic mass is 32.2. The first kappa shape index (κ1) is 39.1. The van der Waals surface area contributed by atoms with Crippen LogP contribution in [-0.2, 0) is 41.7 Å². The summed E-state index contributed by atoms with van der Waals surface area (Å²) in [5, 5.41) is 9.47. The fourth-order valence-electron chi connectivity index (χ4n) is 5.01. The molecule has 0 spiro atoms. The van der Waals surface area contributed by atoms with Gasteiger partial charge >= 0.3 is 6.09 Å². The van der Waals surface area contributed by atoms with Crippen molar-refractivity contribution in [1.82, 2.24) is 20.9 Å². The Labute approximate surface area is 304 Å². The minimum atomic E-state index is -1.13. The first-order chi connectivity index (χ1) is 25.0. The van der Waals surface area contributed by atoms with Crippen LogP contribution in [0.2, 0.25) is 0 Å². The SMILES string of the molecule is NC(=O)[C@H](CSC1CC(=O)N(Cc2ccccc2)C1=O)NC(=O)CNC(=O)CCCNC(=O)Oc1ccc(CC(N)C(=O)Nc2ccccc2)cc1. The van der Waals surface area contributed by atoms with Crippen LogP contribution < -0.4 is 37.5 Å². The molecule has 0 saturated carbocycles. The molecular weight excluding hydrogens is 691 g/mol. The highest BCUT2D eigenvalue weighted by Gasteiger charge is 2.39. The predicted molar refractivity (Wildman–Crippen MR) is 193 cm³/mol. The van der Waals surface area contributed by atoms with Crippen LogP contribution in [0, 0.1) is 0 Å². The van der Waals surface area contributed by atoms with Crippen molar-refractivity contribution < 1.29 is 38.3 Å². The zero-order valence-electron chi connectivity index (χ0n) is 28.2. The molecular formula is C36H41N7O8S. The summed E-state index contributed by atoms with van der Waals surface area (Å²) in [6, 6.07) is 22.7. The summed E-state index contributed by atoms with van der Waals surface area (Å²) in [5.41, 5.74) is 13.7. The number of carbonyl (C=O) groups is 7. The first-order valence-electron chi connectivity index (χ1n) is 16.5. The molecule has 8 N–H and O–H groups in total. The van der Waals surface area contributed by atoms with Gasteiger partial charge in [0, 0.05) is 30.8 Å². The summed E-state index contributed by atoms with van der Waals surface area (Å²) in [4.78, 5) is 87.6. The number of nitrogens with one attached hydrogen (secondary N) is 4. The standard InChI is InChI=1S/C36H41N7O8S/c37-27(34(48)41-25-10-5-2-6-11-25)18-23-13-15-26(16-14-23)51-36(50)39-17-7-12-30(44)40-20-31(45)42-28(33(38)47)22-52-29-19-32(46)43(35(29)49)21-24-8-3-1-4-9-24/h1-6,8-11,13-16,27-29H,7,12,17-22,37H2,(H2,38,47)(H,39,50)(H,40,44)(H,41,48)(H,42,45)/t27?,28-,29?/m0/s1. The number of benzene rings is 3. The van der Waals surface area contributed by atoms with E-state index in [2.05, 4.69) is 21.3 Å². The van der Waals surface area contributed by atoms with Gasteiger partial charge in [-0.15, -0.1) is 11.8 Å². The van der Waals surface area contributed by atoms with Crippen molar-refractivity contribution in [1.29, 1.82) is 0 Å². The van der Waals surface area contributed by atoms with Gasteiger partial charge < -0.3 is 37.5 Å². The Balaban J connectivity index is 1.08. The molecule has 3 atom stereocenters. The van der Waals surface area contributed by atoms with E-state index in [0.717, 1.165) is 22.9 Å². The first-order valence-corrected chi connectivity index (χ1v) is 17.5. The number of hydrogen-bond acceptors (Lipinski definition) is 10. The van der Waals surface area contributed by atoms with Gasteiger partial charge in [-0.25, -0.2) is 4.79 Å². The number of nitrogens with zero attached hydrogens (tertiary/aromatic N) is 1. The number of para-hydroxylation sites is 1. The number of hydrogen-bond donors (Lipinski definition) is 6. The Kier molecular flexibility index (Phi) is 14.7. The van der Waals surface area contributed by atoms with E-state index in [4.69, 9.17) is 16.2 Å². The molecule has 274 valence electrons. The molecule has 1 heterocycles. The Hall–Kier alpha value is -5.74. The lowest BCUT2D eigenvalue weighted by Gasteiger charge is -2.18. The lowest BCUT2D eigenvalue weighted by atomic mass is 10.1. The molecule has 1 aliphatic rings. The molecule has 2 unspecified atom stereocenters. The van der Waals surface area contributed by atoms with Gasteiger partial charge in [0.15, 0.2) is 0 Å². The molecule has 3 aromatic rings. The van der Waals surface area contributed by atoms with E-state index in [1.54, 1.807) is 48.5 Å². The predicted octanol–water partition coefficient (Wildman–Crippen LogP) is 1.21. The summed E-state index contributed by atoms with van der Waals surface area (Å²) in [6.07, 6.45) is -0.234. The number of anilines is 1. The third kappa shape index (κ3) is 12.5. The van der Waals surface area contributed by atoms with Crippen LogP contribution in [0.5, 0.6) is 5.75 Å². The second-order valence-electron chi connectivity index (χ2n) is 11.9. The maximum absolute atomic E-state index is 12.8. The number of ether oxygens (including phenoxy) is 1. The Morgan fingerprint density at radius 3 is 2.21 bits per heavy atom. The molecule has 1 aliphatic heterocycles. The molecule has 1 fully saturated rings. The Morgan fingerprint density at radius 1 is 0.865 bits per heavy atom. The topological polar surface area (TPSA) is 232 Å². The zero-order valence-corrected chi connectivity index (χ0v) is 29.1. The Morgan fingerprint density at radius 2 is 1.54 bits per heavy atom. The molecule has 15 nitrogen and oxygen atoms in total. The van der Waals surface area contributed by atoms with E-state index in [-0.39, 0.29) is 68.0 Å². The van der Waals surface area contributed by atoms with Crippen molar-refractivity contribution >= 4 is 59.0 Å². The third-order valence-corrected chi connectivity index (χ3v) is 9.09. The lowest BCUT2D eigenvalue weighted by Crippen LogP contribution is -2.49. The van der Waals surface area contributed by atoms with Crippen molar-refractivity contribution in [2.75, 3.05) is 24.2 Å². The van der Waals surface area contributed by atoms with E-state index < -0.39 is 47.7 Å². The van der Waals surface area contributed by atoms with Gasteiger partial charge in [-0.2, -0.15) is 0 Å². The fourth-order valence-corrected chi connectivity index (χ4v) is 6.22. The number of carbonyl (C=O) groups excluding carboxylic acids is 7. The van der Waals surface area contributed by atoms with Crippen molar-refractivity contribution in [3.8, 4) is 5.75 Å². The Bertz CT molecular complexity index is 1730. The van der Waals surface area contributed by atoms with E-state index >= 15 is 0 Å². The number of rotatable bonds is 18. The number of thioether (sulfide) groups is 1. The summed E-state index contributed by atoms with van der Waals surface area (Å²) < 4.78 is 5.24. The van der Waals surface area contributed by atoms with E-state index in [0.29, 0.717) is 5.69 Å². The quantitative estimate of drug-likeness (QED) is 0.0809. The number of imide groups is 1. The van der Waals surface area contributed by atoms with Gasteiger partial charge in [-0.1, -0.05) is 60.7 Å². The number of nitrogens with two attached hydrogens (primary N) is 2. The average molecular weight is 732 g/mol. The molecule has 7 amide bonds. The normalized spacial score (nSPS) is 14.9. The minimum absolute atomic E-state index is 0.00718. The van der Waals surface area contributed by atoms with Gasteiger partial charge in [0.25, 0.3) is 0 Å². The second kappa shape index (κ2) is 19.6. The summed E-state index contributed by atoms with van der Waals surface area (Å²) in [5.74, 6) is -2.74. The number of amides is 7. The number of primary amides is 1. The van der Waals surface area contributed by atoms with Crippen LogP contribution >= 0.6 is 11.8 Å². The number of likely N-dealkylation sites (tertiary alicyclic amines) is 1. The summed E-state index contributed by atoms with van der Waals surface area (Å²) >= 11 is 1.06. The molecule has 0 radical (unpaired) electrons. The van der Waals surface area contributed by atoms with Crippen LogP contribution in [0.3, 0.4) is 0 Å². The molecule has 0 bridgehead atoms. The van der Waals surface area contributed by atoms with Gasteiger partial charge in [0.2, 0.25) is 35.4 Å². The van der Waals surface area contributed by atoms with Crippen LogP contribution in [0.1, 0.15) is 30.4 Å². The molecule has 3 aromatic carbocycles. The monoisotopic (exact) mass is 731 g/mol. The van der Waals surface area contributed by atoms with E-state index in [1.807, 2.05) is 36.4 Å². The van der Waals surface area contributed by atoms with Gasteiger partial charge in [0.05, 0.1) is 24.4 Å². The van der Waals surface area contributed by atoms with Crippen molar-refractivity contribution in [2.24, 2.45) is 11.5 Å². The summed E-state index contributed by atoms with van der Waals surface area (Å²) in [7, 11) is 0. The second-order valence-corrected chi connectivity index (χ2v) is 13.1. The molecule has 0 aromatic heterocycles. The average Bonchev–Trinajstić information content (AvgIpc) is 3.39. The van der Waals surface area contributed by atoms with Crippen LogP contribution in [0.25, 0.3) is 0 Å². The zero-order chi connectivity index (χ0) is 37.5. The van der Waals surface area contributed by atoms with Gasteiger partial charge in [-0.05, 0) is 48.2 Å².